The highest BCUT2D eigenvalue weighted by molar-refractivity contribution is 5.85. The maximum absolute atomic E-state index is 13.0. The van der Waals surface area contributed by atoms with Gasteiger partial charge in [-0.3, -0.25) is 4.79 Å². The third kappa shape index (κ3) is 3.17. The van der Waals surface area contributed by atoms with E-state index < -0.39 is 0 Å². The van der Waals surface area contributed by atoms with Crippen LogP contribution in [-0.2, 0) is 4.79 Å². The fraction of sp³-hybridized carbons (Fsp3) is 0.944. The molecule has 4 heteroatoms. The summed E-state index contributed by atoms with van der Waals surface area (Å²) in [7, 11) is 0. The van der Waals surface area contributed by atoms with Gasteiger partial charge in [0, 0.05) is 12.6 Å². The van der Waals surface area contributed by atoms with Crippen LogP contribution in [0.4, 0.5) is 0 Å². The Morgan fingerprint density at radius 2 is 1.73 bits per heavy atom. The van der Waals surface area contributed by atoms with Crippen molar-refractivity contribution in [2.75, 3.05) is 13.1 Å². The fourth-order valence-corrected chi connectivity index (χ4v) is 6.55. The highest BCUT2D eigenvalue weighted by Gasteiger charge is 2.62. The van der Waals surface area contributed by atoms with Gasteiger partial charge < -0.3 is 10.6 Å². The van der Waals surface area contributed by atoms with Gasteiger partial charge in [0.25, 0.3) is 0 Å². The van der Waals surface area contributed by atoms with Crippen LogP contribution < -0.4 is 10.6 Å². The predicted molar refractivity (Wildman–Crippen MR) is 93.2 cm³/mol. The highest BCUT2D eigenvalue weighted by Crippen LogP contribution is 2.69. The Bertz CT molecular complexity index is 421. The van der Waals surface area contributed by atoms with Crippen molar-refractivity contribution in [1.82, 2.24) is 10.6 Å². The first-order valence-corrected chi connectivity index (χ1v) is 8.80. The highest BCUT2D eigenvalue weighted by atomic mass is 35.5. The van der Waals surface area contributed by atoms with E-state index in [2.05, 4.69) is 38.3 Å². The normalized spacial score (nSPS) is 43.5. The summed E-state index contributed by atoms with van der Waals surface area (Å²) < 4.78 is 0. The number of amides is 1. The lowest BCUT2D eigenvalue weighted by atomic mass is 9.40. The van der Waals surface area contributed by atoms with Crippen LogP contribution in [0.25, 0.3) is 0 Å². The lowest BCUT2D eigenvalue weighted by Gasteiger charge is -2.64. The summed E-state index contributed by atoms with van der Waals surface area (Å²) in [5, 5.41) is 6.63. The standard InChI is InChI=1S/C18H32N2O.ClH/c1-5-19-13(2)9-20-15(21)18-8-14-6-16(3,11-18)10-17(4,7-14)12-18;/h13-14,19H,5-12H2,1-4H3,(H,20,21);1H/t13-,14?,16?,17?,18?;/m1./s1. The van der Waals surface area contributed by atoms with Crippen LogP contribution in [0.2, 0.25) is 0 Å². The molecule has 0 radical (unpaired) electrons. The Kier molecular flexibility index (Phi) is 4.91. The van der Waals surface area contributed by atoms with Crippen molar-refractivity contribution >= 4 is 18.3 Å². The van der Waals surface area contributed by atoms with Gasteiger partial charge in [0.15, 0.2) is 0 Å². The smallest absolute Gasteiger partial charge is 0.226 e. The average Bonchev–Trinajstić information content (AvgIpc) is 2.31. The van der Waals surface area contributed by atoms with Gasteiger partial charge in [0.05, 0.1) is 5.41 Å². The number of hydrogen-bond acceptors (Lipinski definition) is 2. The molecule has 4 aliphatic rings. The van der Waals surface area contributed by atoms with Crippen molar-refractivity contribution in [2.24, 2.45) is 22.2 Å². The first-order chi connectivity index (χ1) is 9.78. The molecule has 0 aromatic carbocycles. The average molecular weight is 329 g/mol. The second kappa shape index (κ2) is 5.98. The van der Waals surface area contributed by atoms with Gasteiger partial charge >= 0.3 is 0 Å². The lowest BCUT2D eigenvalue weighted by molar-refractivity contribution is -0.170. The summed E-state index contributed by atoms with van der Waals surface area (Å²) in [5.41, 5.74) is 0.770. The SMILES string of the molecule is CCN[C@H](C)CNC(=O)C12CC3CC(C)(CC(C)(C3)C1)C2.Cl. The van der Waals surface area contributed by atoms with E-state index in [0.717, 1.165) is 38.3 Å². The molecule has 0 spiro atoms. The van der Waals surface area contributed by atoms with E-state index >= 15 is 0 Å². The van der Waals surface area contributed by atoms with E-state index in [1.807, 2.05) is 0 Å². The number of halogens is 1. The van der Waals surface area contributed by atoms with E-state index in [4.69, 9.17) is 0 Å². The van der Waals surface area contributed by atoms with Crippen LogP contribution in [0.15, 0.2) is 0 Å². The molecule has 4 aliphatic carbocycles. The summed E-state index contributed by atoms with van der Waals surface area (Å²) in [4.78, 5) is 13.0. The Morgan fingerprint density at radius 1 is 1.14 bits per heavy atom. The Labute approximate surface area is 141 Å². The molecule has 0 saturated heterocycles. The van der Waals surface area contributed by atoms with Gasteiger partial charge in [-0.1, -0.05) is 20.8 Å². The van der Waals surface area contributed by atoms with E-state index in [0.29, 0.717) is 22.8 Å². The maximum atomic E-state index is 13.0. The zero-order valence-electron chi connectivity index (χ0n) is 14.6. The number of rotatable bonds is 5. The molecule has 4 bridgehead atoms. The summed E-state index contributed by atoms with van der Waals surface area (Å²) >= 11 is 0. The number of carbonyl (C=O) groups excluding carboxylic acids is 1. The van der Waals surface area contributed by atoms with Crippen molar-refractivity contribution < 1.29 is 4.79 Å². The van der Waals surface area contributed by atoms with Crippen LogP contribution in [0.3, 0.4) is 0 Å². The van der Waals surface area contributed by atoms with Crippen LogP contribution in [0.5, 0.6) is 0 Å². The summed E-state index contributed by atoms with van der Waals surface area (Å²) in [6, 6.07) is 0.360. The van der Waals surface area contributed by atoms with Gasteiger partial charge in [-0.05, 0) is 68.7 Å². The number of carbonyl (C=O) groups is 1. The molecule has 4 rings (SSSR count). The minimum Gasteiger partial charge on any atom is -0.354 e. The molecule has 2 unspecified atom stereocenters. The molecule has 0 aromatic rings. The first-order valence-electron chi connectivity index (χ1n) is 8.80. The second-order valence-corrected chi connectivity index (χ2v) is 9.08. The molecule has 0 heterocycles. The third-order valence-electron chi connectivity index (χ3n) is 6.23. The molecule has 22 heavy (non-hydrogen) atoms. The lowest BCUT2D eigenvalue weighted by Crippen LogP contribution is -2.60. The van der Waals surface area contributed by atoms with Crippen molar-refractivity contribution in [3.8, 4) is 0 Å². The quantitative estimate of drug-likeness (QED) is 0.810. The summed E-state index contributed by atoms with van der Waals surface area (Å²) in [6.07, 6.45) is 7.41. The minimum absolute atomic E-state index is 0. The molecular weight excluding hydrogens is 296 g/mol. The summed E-state index contributed by atoms with van der Waals surface area (Å²) in [5.74, 6) is 1.13. The van der Waals surface area contributed by atoms with Gasteiger partial charge in [0.1, 0.15) is 0 Å². The molecule has 0 aromatic heterocycles. The number of likely N-dealkylation sites (N-methyl/N-ethyl adjacent to an activating group) is 1. The zero-order valence-corrected chi connectivity index (χ0v) is 15.4. The predicted octanol–water partition coefficient (Wildman–Crippen LogP) is 3.52. The van der Waals surface area contributed by atoms with Crippen molar-refractivity contribution in [3.63, 3.8) is 0 Å². The van der Waals surface area contributed by atoms with Crippen molar-refractivity contribution in [3.05, 3.63) is 0 Å². The minimum atomic E-state index is -0.0607. The molecule has 1 amide bonds. The Balaban J connectivity index is 0.00000176. The first kappa shape index (κ1) is 18.1. The fourth-order valence-electron chi connectivity index (χ4n) is 6.55. The Morgan fingerprint density at radius 3 is 2.23 bits per heavy atom. The van der Waals surface area contributed by atoms with E-state index in [9.17, 15) is 4.79 Å². The molecule has 3 atom stereocenters. The number of nitrogens with one attached hydrogen (secondary N) is 2. The van der Waals surface area contributed by atoms with Gasteiger partial charge in [0.2, 0.25) is 5.91 Å². The molecule has 4 saturated carbocycles. The topological polar surface area (TPSA) is 41.1 Å². The molecular formula is C18H33ClN2O. The largest absolute Gasteiger partial charge is 0.354 e. The summed E-state index contributed by atoms with van der Waals surface area (Å²) in [6.45, 7) is 10.8. The van der Waals surface area contributed by atoms with Crippen LogP contribution in [0.1, 0.15) is 66.2 Å². The van der Waals surface area contributed by atoms with Crippen LogP contribution in [0, 0.1) is 22.2 Å². The van der Waals surface area contributed by atoms with Gasteiger partial charge in [-0.25, -0.2) is 0 Å². The third-order valence-corrected chi connectivity index (χ3v) is 6.23. The second-order valence-electron chi connectivity index (χ2n) is 9.08. The monoisotopic (exact) mass is 328 g/mol. The van der Waals surface area contributed by atoms with Crippen LogP contribution in [-0.4, -0.2) is 25.0 Å². The van der Waals surface area contributed by atoms with Crippen molar-refractivity contribution in [1.29, 1.82) is 0 Å². The number of hydrogen-bond donors (Lipinski definition) is 2. The van der Waals surface area contributed by atoms with E-state index in [1.54, 1.807) is 0 Å². The van der Waals surface area contributed by atoms with E-state index in [-0.39, 0.29) is 17.8 Å². The Hall–Kier alpha value is -0.280. The zero-order chi connectivity index (χ0) is 15.3. The van der Waals surface area contributed by atoms with Crippen LogP contribution >= 0.6 is 12.4 Å². The molecule has 128 valence electrons. The molecule has 4 fully saturated rings. The van der Waals surface area contributed by atoms with Gasteiger partial charge in [-0.15, -0.1) is 12.4 Å². The van der Waals surface area contributed by atoms with E-state index in [1.165, 1.54) is 19.3 Å². The molecule has 3 nitrogen and oxygen atoms in total. The maximum Gasteiger partial charge on any atom is 0.226 e. The molecule has 2 N–H and O–H groups in total. The van der Waals surface area contributed by atoms with Crippen molar-refractivity contribution in [2.45, 2.75) is 72.3 Å². The van der Waals surface area contributed by atoms with Gasteiger partial charge in [-0.2, -0.15) is 0 Å². The molecule has 0 aliphatic heterocycles.